The third-order valence-corrected chi connectivity index (χ3v) is 4.08. The third-order valence-electron chi connectivity index (χ3n) is 4.08. The molecule has 7 nitrogen and oxygen atoms in total. The minimum atomic E-state index is -0.722. The van der Waals surface area contributed by atoms with E-state index in [1.54, 1.807) is 18.2 Å². The lowest BCUT2D eigenvalue weighted by Crippen LogP contribution is -2.47. The quantitative estimate of drug-likeness (QED) is 0.689. The lowest BCUT2D eigenvalue weighted by atomic mass is 10.1. The van der Waals surface area contributed by atoms with E-state index in [0.29, 0.717) is 12.1 Å². The molecule has 2 amide bonds. The van der Waals surface area contributed by atoms with Crippen molar-refractivity contribution in [2.45, 2.75) is 12.5 Å². The van der Waals surface area contributed by atoms with Crippen molar-refractivity contribution in [3.05, 3.63) is 69.8 Å². The molecule has 24 heavy (non-hydrogen) atoms. The summed E-state index contributed by atoms with van der Waals surface area (Å²) >= 11 is 0. The van der Waals surface area contributed by atoms with Gasteiger partial charge >= 0.3 is 0 Å². The molecule has 122 valence electrons. The van der Waals surface area contributed by atoms with Crippen molar-refractivity contribution in [1.82, 2.24) is 5.32 Å². The zero-order valence-electron chi connectivity index (χ0n) is 12.9. The normalized spacial score (nSPS) is 15.7. The number of nitro benzene ring substituents is 1. The largest absolute Gasteiger partial charge is 0.357 e. The number of nitrogens with zero attached hydrogens (tertiary/aromatic N) is 2. The van der Waals surface area contributed by atoms with E-state index in [1.807, 2.05) is 12.1 Å². The first kappa shape index (κ1) is 15.7. The molecular formula is C17H15N3O4. The molecule has 2 aromatic carbocycles. The number of rotatable bonds is 3. The predicted molar refractivity (Wildman–Crippen MR) is 87.9 cm³/mol. The van der Waals surface area contributed by atoms with Gasteiger partial charge in [0.15, 0.2) is 0 Å². The molecule has 0 aromatic heterocycles. The number of benzene rings is 2. The van der Waals surface area contributed by atoms with E-state index in [1.165, 1.54) is 30.1 Å². The van der Waals surface area contributed by atoms with Crippen LogP contribution in [0, 0.1) is 10.1 Å². The van der Waals surface area contributed by atoms with E-state index >= 15 is 0 Å². The number of nitrogens with one attached hydrogen (secondary N) is 1. The number of fused-ring (bicyclic) bond motifs is 1. The summed E-state index contributed by atoms with van der Waals surface area (Å²) in [4.78, 5) is 37.2. The lowest BCUT2D eigenvalue weighted by Gasteiger charge is -2.24. The Kier molecular flexibility index (Phi) is 3.99. The zero-order valence-corrected chi connectivity index (χ0v) is 12.9. The summed E-state index contributed by atoms with van der Waals surface area (Å²) in [6.07, 6.45) is 0.377. The van der Waals surface area contributed by atoms with Crippen LogP contribution in [0.1, 0.15) is 15.9 Å². The Morgan fingerprint density at radius 1 is 1.17 bits per heavy atom. The molecule has 1 aliphatic heterocycles. The van der Waals surface area contributed by atoms with Crippen molar-refractivity contribution in [3.63, 3.8) is 0 Å². The Hall–Kier alpha value is -3.22. The number of nitro groups is 1. The van der Waals surface area contributed by atoms with Crippen LogP contribution in [0.15, 0.2) is 48.5 Å². The van der Waals surface area contributed by atoms with Crippen LogP contribution in [-0.4, -0.2) is 29.8 Å². The maximum Gasteiger partial charge on any atom is 0.282 e. The molecule has 1 atom stereocenters. The van der Waals surface area contributed by atoms with Crippen molar-refractivity contribution >= 4 is 23.2 Å². The molecule has 1 unspecified atom stereocenters. The number of carbonyl (C=O) groups is 2. The molecule has 1 aliphatic rings. The van der Waals surface area contributed by atoms with Gasteiger partial charge in [0.25, 0.3) is 11.6 Å². The van der Waals surface area contributed by atoms with Gasteiger partial charge in [-0.05, 0) is 17.7 Å². The highest BCUT2D eigenvalue weighted by atomic mass is 16.6. The van der Waals surface area contributed by atoms with Gasteiger partial charge in [0.1, 0.15) is 11.6 Å². The van der Waals surface area contributed by atoms with Gasteiger partial charge in [-0.15, -0.1) is 0 Å². The highest BCUT2D eigenvalue weighted by molar-refractivity contribution is 6.13. The van der Waals surface area contributed by atoms with Gasteiger partial charge in [0.05, 0.1) is 4.92 Å². The maximum atomic E-state index is 13.0. The Bertz CT molecular complexity index is 834. The van der Waals surface area contributed by atoms with E-state index in [2.05, 4.69) is 5.32 Å². The Labute approximate surface area is 138 Å². The molecule has 0 radical (unpaired) electrons. The SMILES string of the molecule is CNC(=O)C1Cc2ccccc2N1C(=O)c1ccccc1[N+](=O)[O-]. The first-order valence-corrected chi connectivity index (χ1v) is 7.41. The topological polar surface area (TPSA) is 92.6 Å². The molecule has 0 saturated carbocycles. The van der Waals surface area contributed by atoms with Crippen molar-refractivity contribution < 1.29 is 14.5 Å². The summed E-state index contributed by atoms with van der Waals surface area (Å²) in [5, 5.41) is 13.8. The molecule has 0 saturated heterocycles. The van der Waals surface area contributed by atoms with Crippen LogP contribution in [0.2, 0.25) is 0 Å². The molecule has 0 aliphatic carbocycles. The second-order valence-electron chi connectivity index (χ2n) is 5.41. The number of likely N-dealkylation sites (N-methyl/N-ethyl adjacent to an activating group) is 1. The number of para-hydroxylation sites is 2. The van der Waals surface area contributed by atoms with Gasteiger partial charge in [-0.1, -0.05) is 30.3 Å². The van der Waals surface area contributed by atoms with Crippen molar-refractivity contribution in [2.24, 2.45) is 0 Å². The molecule has 3 rings (SSSR count). The summed E-state index contributed by atoms with van der Waals surface area (Å²) in [6, 6.07) is 12.2. The second-order valence-corrected chi connectivity index (χ2v) is 5.41. The number of amides is 2. The van der Waals surface area contributed by atoms with Crippen molar-refractivity contribution in [3.8, 4) is 0 Å². The predicted octanol–water partition coefficient (Wildman–Crippen LogP) is 1.91. The highest BCUT2D eigenvalue weighted by Gasteiger charge is 2.39. The van der Waals surface area contributed by atoms with Crippen LogP contribution in [0.3, 0.4) is 0 Å². The van der Waals surface area contributed by atoms with Crippen LogP contribution in [-0.2, 0) is 11.2 Å². The van der Waals surface area contributed by atoms with Gasteiger partial charge in [0.2, 0.25) is 5.91 Å². The van der Waals surface area contributed by atoms with Crippen LogP contribution in [0.25, 0.3) is 0 Å². The molecule has 0 fully saturated rings. The molecule has 7 heteroatoms. The summed E-state index contributed by atoms with van der Waals surface area (Å²) in [7, 11) is 1.50. The summed E-state index contributed by atoms with van der Waals surface area (Å²) in [6.45, 7) is 0. The monoisotopic (exact) mass is 325 g/mol. The summed E-state index contributed by atoms with van der Waals surface area (Å²) in [5.41, 5.74) is 1.16. The van der Waals surface area contributed by atoms with Crippen molar-refractivity contribution in [1.29, 1.82) is 0 Å². The van der Waals surface area contributed by atoms with Gasteiger partial charge in [-0.25, -0.2) is 0 Å². The fourth-order valence-corrected chi connectivity index (χ4v) is 2.96. The lowest BCUT2D eigenvalue weighted by molar-refractivity contribution is -0.385. The first-order valence-electron chi connectivity index (χ1n) is 7.41. The van der Waals surface area contributed by atoms with E-state index in [-0.39, 0.29) is 17.2 Å². The fourth-order valence-electron chi connectivity index (χ4n) is 2.96. The van der Waals surface area contributed by atoms with Crippen LogP contribution in [0.5, 0.6) is 0 Å². The average molecular weight is 325 g/mol. The van der Waals surface area contributed by atoms with E-state index in [9.17, 15) is 19.7 Å². The molecule has 0 bridgehead atoms. The number of carbonyl (C=O) groups excluding carboxylic acids is 2. The smallest absolute Gasteiger partial charge is 0.282 e. The maximum absolute atomic E-state index is 13.0. The number of anilines is 1. The van der Waals surface area contributed by atoms with E-state index in [4.69, 9.17) is 0 Å². The Morgan fingerprint density at radius 3 is 2.54 bits per heavy atom. The summed E-state index contributed by atoms with van der Waals surface area (Å²) in [5.74, 6) is -0.862. The van der Waals surface area contributed by atoms with E-state index in [0.717, 1.165) is 5.56 Å². The molecule has 0 spiro atoms. The van der Waals surface area contributed by atoms with Crippen LogP contribution >= 0.6 is 0 Å². The zero-order chi connectivity index (χ0) is 17.3. The van der Waals surface area contributed by atoms with Gasteiger partial charge in [-0.2, -0.15) is 0 Å². The van der Waals surface area contributed by atoms with Gasteiger partial charge in [0, 0.05) is 25.2 Å². The molecular weight excluding hydrogens is 310 g/mol. The fraction of sp³-hybridized carbons (Fsp3) is 0.176. The Balaban J connectivity index is 2.10. The molecule has 2 aromatic rings. The average Bonchev–Trinajstić information content (AvgIpc) is 2.99. The highest BCUT2D eigenvalue weighted by Crippen LogP contribution is 2.34. The standard InChI is InChI=1S/C17H15N3O4/c1-18-16(21)15-10-11-6-2-4-8-13(11)19(15)17(22)12-7-3-5-9-14(12)20(23)24/h2-9,15H,10H2,1H3,(H,18,21). The van der Waals surface area contributed by atoms with Gasteiger partial charge in [-0.3, -0.25) is 24.6 Å². The second kappa shape index (κ2) is 6.11. The van der Waals surface area contributed by atoms with Crippen LogP contribution < -0.4 is 10.2 Å². The van der Waals surface area contributed by atoms with Gasteiger partial charge < -0.3 is 5.32 Å². The molecule has 1 heterocycles. The van der Waals surface area contributed by atoms with E-state index < -0.39 is 16.9 Å². The molecule has 1 N–H and O–H groups in total. The number of hydrogen-bond acceptors (Lipinski definition) is 4. The Morgan fingerprint density at radius 2 is 1.83 bits per heavy atom. The third kappa shape index (κ3) is 2.50. The first-order chi connectivity index (χ1) is 11.5. The number of hydrogen-bond donors (Lipinski definition) is 1. The van der Waals surface area contributed by atoms with Crippen molar-refractivity contribution in [2.75, 3.05) is 11.9 Å². The summed E-state index contributed by atoms with van der Waals surface area (Å²) < 4.78 is 0. The van der Waals surface area contributed by atoms with Crippen LogP contribution in [0.4, 0.5) is 11.4 Å². The minimum absolute atomic E-state index is 0.0342. The minimum Gasteiger partial charge on any atom is -0.357 e.